The van der Waals surface area contributed by atoms with Crippen molar-refractivity contribution in [1.29, 1.82) is 0 Å². The van der Waals surface area contributed by atoms with Gasteiger partial charge in [-0.15, -0.1) is 0 Å². The summed E-state index contributed by atoms with van der Waals surface area (Å²) in [5.41, 5.74) is 2.91. The number of nitrogens with zero attached hydrogens (tertiary/aromatic N) is 1. The molecule has 0 fully saturated rings. The van der Waals surface area contributed by atoms with Crippen LogP contribution in [-0.2, 0) is 11.2 Å². The van der Waals surface area contributed by atoms with Gasteiger partial charge in [-0.05, 0) is 44.1 Å². The highest BCUT2D eigenvalue weighted by molar-refractivity contribution is 9.10. The van der Waals surface area contributed by atoms with E-state index in [9.17, 15) is 0 Å². The summed E-state index contributed by atoms with van der Waals surface area (Å²) in [6, 6.07) is 6.98. The minimum Gasteiger partial charge on any atom is -0.379 e. The average molecular weight is 327 g/mol. The summed E-state index contributed by atoms with van der Waals surface area (Å²) in [5.74, 6) is 0. The number of nitrogens with one attached hydrogen (secondary N) is 1. The fraction of sp³-hybridized carbons (Fsp3) is 0.600. The summed E-state index contributed by atoms with van der Waals surface area (Å²) in [5, 5.41) is 3.59. The van der Waals surface area contributed by atoms with Crippen LogP contribution in [0.2, 0.25) is 0 Å². The Bertz CT molecular complexity index is 409. The molecule has 2 rings (SSSR count). The Kier molecular flexibility index (Phi) is 5.82. The fourth-order valence-electron chi connectivity index (χ4n) is 2.48. The molecule has 0 radical (unpaired) electrons. The standard InChI is InChI=1S/C15H23BrN2O/c1-18(2)9-11-19-10-8-17-15-7-6-12-13(15)4-3-5-14(12)16/h3-5,15,17H,6-11H2,1-2H3/t15-/m0/s1. The van der Waals surface area contributed by atoms with E-state index in [1.165, 1.54) is 22.0 Å². The van der Waals surface area contributed by atoms with Crippen molar-refractivity contribution in [2.75, 3.05) is 40.4 Å². The number of hydrogen-bond acceptors (Lipinski definition) is 3. The van der Waals surface area contributed by atoms with Crippen LogP contribution in [-0.4, -0.2) is 45.3 Å². The molecule has 0 unspecified atom stereocenters. The van der Waals surface area contributed by atoms with Crippen LogP contribution in [0.1, 0.15) is 23.6 Å². The van der Waals surface area contributed by atoms with Crippen LogP contribution in [0.4, 0.5) is 0 Å². The van der Waals surface area contributed by atoms with E-state index in [1.807, 2.05) is 0 Å². The normalized spacial score (nSPS) is 18.0. The first-order chi connectivity index (χ1) is 9.18. The molecule has 3 nitrogen and oxygen atoms in total. The maximum absolute atomic E-state index is 5.60. The summed E-state index contributed by atoms with van der Waals surface area (Å²) in [6.07, 6.45) is 2.35. The van der Waals surface area contributed by atoms with Gasteiger partial charge in [0, 0.05) is 23.6 Å². The molecule has 106 valence electrons. The summed E-state index contributed by atoms with van der Waals surface area (Å²) in [4.78, 5) is 2.14. The van der Waals surface area contributed by atoms with E-state index in [0.29, 0.717) is 6.04 Å². The van der Waals surface area contributed by atoms with Crippen LogP contribution < -0.4 is 5.32 Å². The number of halogens is 1. The second-order valence-corrected chi connectivity index (χ2v) is 6.12. The maximum atomic E-state index is 5.60. The molecule has 0 heterocycles. The lowest BCUT2D eigenvalue weighted by atomic mass is 10.1. The Morgan fingerprint density at radius 1 is 1.37 bits per heavy atom. The van der Waals surface area contributed by atoms with Crippen molar-refractivity contribution in [3.05, 3.63) is 33.8 Å². The van der Waals surface area contributed by atoms with Crippen LogP contribution >= 0.6 is 15.9 Å². The third-order valence-electron chi connectivity index (χ3n) is 3.53. The number of likely N-dealkylation sites (N-methyl/N-ethyl adjacent to an activating group) is 1. The summed E-state index contributed by atoms with van der Waals surface area (Å²) in [7, 11) is 4.13. The van der Waals surface area contributed by atoms with E-state index in [2.05, 4.69) is 58.4 Å². The monoisotopic (exact) mass is 326 g/mol. The van der Waals surface area contributed by atoms with Crippen molar-refractivity contribution in [2.24, 2.45) is 0 Å². The molecule has 0 spiro atoms. The molecular formula is C15H23BrN2O. The van der Waals surface area contributed by atoms with E-state index in [-0.39, 0.29) is 0 Å². The zero-order chi connectivity index (χ0) is 13.7. The molecule has 0 saturated carbocycles. The van der Waals surface area contributed by atoms with Crippen LogP contribution in [0.25, 0.3) is 0 Å². The third kappa shape index (κ3) is 4.28. The number of rotatable bonds is 7. The second-order valence-electron chi connectivity index (χ2n) is 5.27. The largest absolute Gasteiger partial charge is 0.379 e. The van der Waals surface area contributed by atoms with Gasteiger partial charge in [0.2, 0.25) is 0 Å². The number of ether oxygens (including phenoxy) is 1. The molecule has 1 aliphatic rings. The van der Waals surface area contributed by atoms with E-state index in [4.69, 9.17) is 4.74 Å². The first kappa shape index (κ1) is 15.0. The summed E-state index contributed by atoms with van der Waals surface area (Å²) in [6.45, 7) is 3.50. The molecule has 4 heteroatoms. The van der Waals surface area contributed by atoms with E-state index in [0.717, 1.165) is 32.7 Å². The summed E-state index contributed by atoms with van der Waals surface area (Å²) < 4.78 is 6.85. The Morgan fingerprint density at radius 2 is 2.21 bits per heavy atom. The predicted octanol–water partition coefficient (Wildman–Crippen LogP) is 2.60. The lowest BCUT2D eigenvalue weighted by molar-refractivity contribution is 0.117. The Morgan fingerprint density at radius 3 is 3.00 bits per heavy atom. The van der Waals surface area contributed by atoms with Crippen molar-refractivity contribution >= 4 is 15.9 Å². The highest BCUT2D eigenvalue weighted by atomic mass is 79.9. The minimum atomic E-state index is 0.491. The van der Waals surface area contributed by atoms with Crippen molar-refractivity contribution in [2.45, 2.75) is 18.9 Å². The molecule has 0 aliphatic heterocycles. The lowest BCUT2D eigenvalue weighted by Gasteiger charge is -2.15. The van der Waals surface area contributed by atoms with Gasteiger partial charge in [-0.3, -0.25) is 0 Å². The molecule has 0 amide bonds. The van der Waals surface area contributed by atoms with E-state index < -0.39 is 0 Å². The fourth-order valence-corrected chi connectivity index (χ4v) is 3.06. The minimum absolute atomic E-state index is 0.491. The van der Waals surface area contributed by atoms with Gasteiger partial charge in [-0.1, -0.05) is 28.1 Å². The lowest BCUT2D eigenvalue weighted by Crippen LogP contribution is -2.25. The Labute approximate surface area is 124 Å². The van der Waals surface area contributed by atoms with Crippen molar-refractivity contribution < 1.29 is 4.74 Å². The number of benzene rings is 1. The van der Waals surface area contributed by atoms with Crippen molar-refractivity contribution in [3.63, 3.8) is 0 Å². The molecule has 1 aromatic rings. The number of fused-ring (bicyclic) bond motifs is 1. The number of hydrogen-bond donors (Lipinski definition) is 1. The SMILES string of the molecule is CN(C)CCOCCN[C@H]1CCc2c(Br)cccc21. The predicted molar refractivity (Wildman–Crippen MR) is 82.6 cm³/mol. The third-order valence-corrected chi connectivity index (χ3v) is 4.28. The molecule has 1 atom stereocenters. The van der Waals surface area contributed by atoms with Gasteiger partial charge in [0.15, 0.2) is 0 Å². The van der Waals surface area contributed by atoms with Crippen LogP contribution in [0.15, 0.2) is 22.7 Å². The van der Waals surface area contributed by atoms with Crippen LogP contribution in [0, 0.1) is 0 Å². The quantitative estimate of drug-likeness (QED) is 0.779. The molecule has 1 aromatic carbocycles. The topological polar surface area (TPSA) is 24.5 Å². The molecular weight excluding hydrogens is 304 g/mol. The Hall–Kier alpha value is -0.420. The van der Waals surface area contributed by atoms with Gasteiger partial charge in [0.05, 0.1) is 13.2 Å². The van der Waals surface area contributed by atoms with Gasteiger partial charge in [0.25, 0.3) is 0 Å². The zero-order valence-electron chi connectivity index (χ0n) is 11.8. The van der Waals surface area contributed by atoms with Crippen LogP contribution in [0.3, 0.4) is 0 Å². The molecule has 1 N–H and O–H groups in total. The molecule has 1 aliphatic carbocycles. The maximum Gasteiger partial charge on any atom is 0.0593 e. The van der Waals surface area contributed by atoms with Gasteiger partial charge >= 0.3 is 0 Å². The molecule has 0 aromatic heterocycles. The average Bonchev–Trinajstić information content (AvgIpc) is 2.78. The first-order valence-corrected chi connectivity index (χ1v) is 7.71. The zero-order valence-corrected chi connectivity index (χ0v) is 13.4. The highest BCUT2D eigenvalue weighted by Crippen LogP contribution is 2.35. The smallest absolute Gasteiger partial charge is 0.0593 e. The molecule has 19 heavy (non-hydrogen) atoms. The van der Waals surface area contributed by atoms with Gasteiger partial charge in [-0.25, -0.2) is 0 Å². The molecule has 0 saturated heterocycles. The van der Waals surface area contributed by atoms with Gasteiger partial charge < -0.3 is 15.0 Å². The van der Waals surface area contributed by atoms with Crippen molar-refractivity contribution in [3.8, 4) is 0 Å². The highest BCUT2D eigenvalue weighted by Gasteiger charge is 2.22. The second kappa shape index (κ2) is 7.39. The van der Waals surface area contributed by atoms with Crippen molar-refractivity contribution in [1.82, 2.24) is 10.2 Å². The Balaban J connectivity index is 1.70. The van der Waals surface area contributed by atoms with Crippen LogP contribution in [0.5, 0.6) is 0 Å². The first-order valence-electron chi connectivity index (χ1n) is 6.91. The van der Waals surface area contributed by atoms with E-state index in [1.54, 1.807) is 0 Å². The van der Waals surface area contributed by atoms with Gasteiger partial charge in [0.1, 0.15) is 0 Å². The van der Waals surface area contributed by atoms with Gasteiger partial charge in [-0.2, -0.15) is 0 Å². The molecule has 0 bridgehead atoms. The van der Waals surface area contributed by atoms with E-state index >= 15 is 0 Å². The summed E-state index contributed by atoms with van der Waals surface area (Å²) >= 11 is 3.63.